The Morgan fingerprint density at radius 3 is 3.00 bits per heavy atom. The van der Waals surface area contributed by atoms with Crippen molar-refractivity contribution in [3.63, 3.8) is 0 Å². The minimum absolute atomic E-state index is 0.454. The summed E-state index contributed by atoms with van der Waals surface area (Å²) in [4.78, 5) is 13.3. The third-order valence-electron chi connectivity index (χ3n) is 1.48. The van der Waals surface area contributed by atoms with Crippen molar-refractivity contribution in [1.82, 2.24) is 4.98 Å². The van der Waals surface area contributed by atoms with E-state index in [0.717, 1.165) is 3.57 Å². The van der Waals surface area contributed by atoms with Crippen molar-refractivity contribution in [2.24, 2.45) is 0 Å². The Bertz CT molecular complexity index is 488. The van der Waals surface area contributed by atoms with Crippen LogP contribution in [0.25, 0.3) is 11.1 Å². The summed E-state index contributed by atoms with van der Waals surface area (Å²) >= 11 is 7.84. The Morgan fingerprint density at radius 2 is 2.25 bits per heavy atom. The number of H-pyrrole nitrogens is 1. The quantitative estimate of drug-likeness (QED) is 0.759. The number of benzene rings is 1. The summed E-state index contributed by atoms with van der Waals surface area (Å²) in [6.45, 7) is 0. The lowest BCUT2D eigenvalue weighted by atomic mass is 10.3. The van der Waals surface area contributed by atoms with Crippen LogP contribution in [-0.4, -0.2) is 4.98 Å². The number of halogens is 2. The molecule has 5 heteroatoms. The summed E-state index contributed by atoms with van der Waals surface area (Å²) in [6, 6.07) is 3.43. The van der Waals surface area contributed by atoms with Gasteiger partial charge in [0.05, 0.1) is 14.1 Å². The number of hydrogen-bond acceptors (Lipinski definition) is 2. The molecule has 0 aliphatic heterocycles. The first kappa shape index (κ1) is 8.12. The molecule has 0 saturated heterocycles. The van der Waals surface area contributed by atoms with Crippen molar-refractivity contribution in [2.75, 3.05) is 0 Å². The highest BCUT2D eigenvalue weighted by Crippen LogP contribution is 2.25. The Labute approximate surface area is 85.9 Å². The fourth-order valence-corrected chi connectivity index (χ4v) is 1.69. The SMILES string of the molecule is O=c1[nH]c2ccc(Cl)c(I)c2o1. The van der Waals surface area contributed by atoms with Crippen molar-refractivity contribution >= 4 is 45.3 Å². The number of fused-ring (bicyclic) bond motifs is 1. The van der Waals surface area contributed by atoms with Crippen molar-refractivity contribution in [1.29, 1.82) is 0 Å². The average Bonchev–Trinajstić information content (AvgIpc) is 2.39. The average molecular weight is 295 g/mol. The zero-order valence-electron chi connectivity index (χ0n) is 5.73. The number of hydrogen-bond donors (Lipinski definition) is 1. The molecule has 0 atom stereocenters. The number of aromatic amines is 1. The van der Waals surface area contributed by atoms with Crippen molar-refractivity contribution in [2.45, 2.75) is 0 Å². The van der Waals surface area contributed by atoms with Crippen LogP contribution < -0.4 is 5.76 Å². The van der Waals surface area contributed by atoms with E-state index in [0.29, 0.717) is 16.1 Å². The molecule has 0 unspecified atom stereocenters. The van der Waals surface area contributed by atoms with Crippen LogP contribution in [-0.2, 0) is 0 Å². The summed E-state index contributed by atoms with van der Waals surface area (Å²) in [5.74, 6) is -0.454. The predicted octanol–water partition coefficient (Wildman–Crippen LogP) is 2.38. The summed E-state index contributed by atoms with van der Waals surface area (Å²) in [6.07, 6.45) is 0. The minimum atomic E-state index is -0.454. The normalized spacial score (nSPS) is 10.8. The van der Waals surface area contributed by atoms with Crippen LogP contribution in [0.5, 0.6) is 0 Å². The van der Waals surface area contributed by atoms with E-state index >= 15 is 0 Å². The third-order valence-corrected chi connectivity index (χ3v) is 3.19. The van der Waals surface area contributed by atoms with Gasteiger partial charge in [-0.1, -0.05) is 11.6 Å². The lowest BCUT2D eigenvalue weighted by Gasteiger charge is -1.93. The van der Waals surface area contributed by atoms with E-state index < -0.39 is 5.76 Å². The molecule has 0 aliphatic rings. The molecule has 0 amide bonds. The molecule has 1 N–H and O–H groups in total. The zero-order chi connectivity index (χ0) is 8.72. The fraction of sp³-hybridized carbons (Fsp3) is 0. The number of nitrogens with one attached hydrogen (secondary N) is 1. The Hall–Kier alpha value is -0.490. The van der Waals surface area contributed by atoms with Gasteiger partial charge in [0.2, 0.25) is 0 Å². The van der Waals surface area contributed by atoms with E-state index in [9.17, 15) is 4.79 Å². The van der Waals surface area contributed by atoms with Gasteiger partial charge < -0.3 is 4.42 Å². The number of aromatic nitrogens is 1. The van der Waals surface area contributed by atoms with Crippen LogP contribution in [0.1, 0.15) is 0 Å². The van der Waals surface area contributed by atoms with Gasteiger partial charge in [-0.2, -0.15) is 0 Å². The Kier molecular flexibility index (Phi) is 1.88. The molecule has 1 heterocycles. The molecule has 0 bridgehead atoms. The van der Waals surface area contributed by atoms with Gasteiger partial charge in [-0.3, -0.25) is 4.98 Å². The first-order valence-corrected chi connectivity index (χ1v) is 4.61. The van der Waals surface area contributed by atoms with Gasteiger partial charge in [0.25, 0.3) is 0 Å². The zero-order valence-corrected chi connectivity index (χ0v) is 8.64. The van der Waals surface area contributed by atoms with Gasteiger partial charge in [0.15, 0.2) is 5.58 Å². The first-order chi connectivity index (χ1) is 5.68. The van der Waals surface area contributed by atoms with Crippen LogP contribution in [0.3, 0.4) is 0 Å². The molecule has 0 spiro atoms. The third kappa shape index (κ3) is 1.15. The standard InChI is InChI=1S/C7H3ClINO2/c8-3-1-2-4-6(5(3)9)12-7(11)10-4/h1-2H,(H,10,11). The van der Waals surface area contributed by atoms with E-state index in [1.165, 1.54) is 0 Å². The molecule has 0 saturated carbocycles. The predicted molar refractivity (Wildman–Crippen MR) is 54.6 cm³/mol. The highest BCUT2D eigenvalue weighted by atomic mass is 127. The maximum atomic E-state index is 10.8. The second kappa shape index (κ2) is 2.77. The second-order valence-electron chi connectivity index (χ2n) is 2.25. The number of oxazole rings is 1. The largest absolute Gasteiger partial charge is 0.417 e. The maximum absolute atomic E-state index is 10.8. The first-order valence-electron chi connectivity index (χ1n) is 3.15. The second-order valence-corrected chi connectivity index (χ2v) is 3.74. The minimum Gasteiger partial charge on any atom is -0.407 e. The molecule has 1 aromatic heterocycles. The molecule has 62 valence electrons. The van der Waals surface area contributed by atoms with E-state index in [-0.39, 0.29) is 0 Å². The van der Waals surface area contributed by atoms with Crippen LogP contribution in [0, 0.1) is 3.57 Å². The van der Waals surface area contributed by atoms with Gasteiger partial charge in [-0.25, -0.2) is 4.79 Å². The summed E-state index contributed by atoms with van der Waals surface area (Å²) in [7, 11) is 0. The van der Waals surface area contributed by atoms with Crippen LogP contribution in [0.4, 0.5) is 0 Å². The van der Waals surface area contributed by atoms with E-state index in [4.69, 9.17) is 16.0 Å². The molecular weight excluding hydrogens is 292 g/mol. The Morgan fingerprint density at radius 1 is 1.50 bits per heavy atom. The van der Waals surface area contributed by atoms with Crippen molar-refractivity contribution in [3.8, 4) is 0 Å². The van der Waals surface area contributed by atoms with Crippen LogP contribution in [0.15, 0.2) is 21.3 Å². The smallest absolute Gasteiger partial charge is 0.407 e. The highest BCUT2D eigenvalue weighted by molar-refractivity contribution is 14.1. The molecule has 0 radical (unpaired) electrons. The summed E-state index contributed by atoms with van der Waals surface area (Å²) in [5, 5.41) is 0.589. The van der Waals surface area contributed by atoms with Gasteiger partial charge in [0, 0.05) is 0 Å². The fourth-order valence-electron chi connectivity index (χ4n) is 0.958. The van der Waals surface area contributed by atoms with Crippen LogP contribution >= 0.6 is 34.2 Å². The molecular formula is C7H3ClINO2. The molecule has 2 aromatic rings. The lowest BCUT2D eigenvalue weighted by molar-refractivity contribution is 0.554. The topological polar surface area (TPSA) is 46.0 Å². The molecule has 0 aliphatic carbocycles. The Balaban J connectivity index is 2.99. The van der Waals surface area contributed by atoms with E-state index in [1.54, 1.807) is 12.1 Å². The van der Waals surface area contributed by atoms with Gasteiger partial charge in [-0.15, -0.1) is 0 Å². The van der Waals surface area contributed by atoms with Gasteiger partial charge >= 0.3 is 5.76 Å². The number of rotatable bonds is 0. The molecule has 1 aromatic carbocycles. The van der Waals surface area contributed by atoms with Crippen LogP contribution in [0.2, 0.25) is 5.02 Å². The lowest BCUT2D eigenvalue weighted by Crippen LogP contribution is -1.92. The van der Waals surface area contributed by atoms with Crippen molar-refractivity contribution in [3.05, 3.63) is 31.3 Å². The van der Waals surface area contributed by atoms with Gasteiger partial charge in [0.1, 0.15) is 0 Å². The van der Waals surface area contributed by atoms with Crippen molar-refractivity contribution < 1.29 is 4.42 Å². The molecule has 2 rings (SSSR count). The maximum Gasteiger partial charge on any atom is 0.417 e. The van der Waals surface area contributed by atoms with E-state index in [1.807, 2.05) is 22.6 Å². The van der Waals surface area contributed by atoms with Gasteiger partial charge in [-0.05, 0) is 34.7 Å². The summed E-state index contributed by atoms with van der Waals surface area (Å²) < 4.78 is 5.63. The molecule has 3 nitrogen and oxygen atoms in total. The summed E-state index contributed by atoms with van der Waals surface area (Å²) in [5.41, 5.74) is 1.20. The monoisotopic (exact) mass is 295 g/mol. The van der Waals surface area contributed by atoms with E-state index in [2.05, 4.69) is 4.98 Å². The highest BCUT2D eigenvalue weighted by Gasteiger charge is 2.07. The molecule has 0 fully saturated rings. The molecule has 12 heavy (non-hydrogen) atoms.